The molecule has 0 amide bonds. The number of hydrogen-bond acceptors (Lipinski definition) is 2. The van der Waals surface area contributed by atoms with Gasteiger partial charge >= 0.3 is 0 Å². The van der Waals surface area contributed by atoms with E-state index in [4.69, 9.17) is 11.6 Å². The van der Waals surface area contributed by atoms with Gasteiger partial charge in [0.2, 0.25) is 0 Å². The van der Waals surface area contributed by atoms with Crippen molar-refractivity contribution in [3.8, 4) is 0 Å². The average molecular weight is 280 g/mol. The van der Waals surface area contributed by atoms with Gasteiger partial charge in [0.05, 0.1) is 16.9 Å². The third kappa shape index (κ3) is 2.63. The maximum Gasteiger partial charge on any atom is 0.124 e. The third-order valence-electron chi connectivity index (χ3n) is 3.92. The normalized spacial score (nSPS) is 12.6. The molecule has 2 aromatic rings. The van der Waals surface area contributed by atoms with E-state index in [0.717, 1.165) is 17.9 Å². The van der Waals surface area contributed by atoms with Crippen molar-refractivity contribution < 1.29 is 0 Å². The summed E-state index contributed by atoms with van der Waals surface area (Å²) in [5, 5.41) is 0. The van der Waals surface area contributed by atoms with E-state index in [1.165, 1.54) is 11.1 Å². The van der Waals surface area contributed by atoms with Gasteiger partial charge in [-0.1, -0.05) is 12.1 Å². The fourth-order valence-electron chi connectivity index (χ4n) is 2.21. The molecule has 0 aliphatic rings. The Morgan fingerprint density at radius 1 is 1.32 bits per heavy atom. The molecule has 0 saturated carbocycles. The molecule has 0 atom stereocenters. The van der Waals surface area contributed by atoms with Crippen LogP contribution in [0.15, 0.2) is 18.2 Å². The van der Waals surface area contributed by atoms with Crippen molar-refractivity contribution in [2.75, 3.05) is 14.1 Å². The second-order valence-electron chi connectivity index (χ2n) is 5.90. The fourth-order valence-corrected chi connectivity index (χ4v) is 2.42. The highest BCUT2D eigenvalue weighted by atomic mass is 35.5. The van der Waals surface area contributed by atoms with E-state index in [9.17, 15) is 0 Å². The summed E-state index contributed by atoms with van der Waals surface area (Å²) in [6, 6.07) is 6.23. The van der Waals surface area contributed by atoms with Crippen LogP contribution >= 0.6 is 11.6 Å². The van der Waals surface area contributed by atoms with Gasteiger partial charge in [0.25, 0.3) is 0 Å². The highest BCUT2D eigenvalue weighted by molar-refractivity contribution is 6.16. The smallest absolute Gasteiger partial charge is 0.124 e. The lowest BCUT2D eigenvalue weighted by molar-refractivity contribution is 0.170. The number of aromatic nitrogens is 2. The lowest BCUT2D eigenvalue weighted by atomic mass is 10.0. The number of fused-ring (bicyclic) bond motifs is 1. The van der Waals surface area contributed by atoms with E-state index in [2.05, 4.69) is 61.5 Å². The largest absolute Gasteiger partial charge is 0.325 e. The number of halogens is 1. The molecule has 0 aliphatic carbocycles. The highest BCUT2D eigenvalue weighted by Crippen LogP contribution is 2.24. The van der Waals surface area contributed by atoms with Gasteiger partial charge in [-0.3, -0.25) is 0 Å². The van der Waals surface area contributed by atoms with E-state index in [-0.39, 0.29) is 5.54 Å². The number of nitrogens with zero attached hydrogens (tertiary/aromatic N) is 3. The van der Waals surface area contributed by atoms with Crippen LogP contribution in [0.4, 0.5) is 0 Å². The van der Waals surface area contributed by atoms with Crippen LogP contribution in [0.3, 0.4) is 0 Å². The molecular weight excluding hydrogens is 258 g/mol. The van der Waals surface area contributed by atoms with Gasteiger partial charge in [-0.15, -0.1) is 11.6 Å². The van der Waals surface area contributed by atoms with Gasteiger partial charge in [0.1, 0.15) is 5.82 Å². The Kier molecular flexibility index (Phi) is 3.88. The first-order valence-electron chi connectivity index (χ1n) is 6.55. The van der Waals surface area contributed by atoms with Crippen LogP contribution in [-0.2, 0) is 12.4 Å². The first-order chi connectivity index (χ1) is 8.86. The summed E-state index contributed by atoms with van der Waals surface area (Å²) < 4.78 is 2.26. The fraction of sp³-hybridized carbons (Fsp3) is 0.533. The number of para-hydroxylation sites is 1. The summed E-state index contributed by atoms with van der Waals surface area (Å²) in [5.74, 6) is 1.39. The molecule has 1 aromatic carbocycles. The van der Waals surface area contributed by atoms with E-state index >= 15 is 0 Å². The number of benzene rings is 1. The zero-order valence-electron chi connectivity index (χ0n) is 12.4. The number of alkyl halides is 1. The zero-order chi connectivity index (χ0) is 14.2. The van der Waals surface area contributed by atoms with Gasteiger partial charge in [-0.05, 0) is 46.5 Å². The molecule has 19 heavy (non-hydrogen) atoms. The molecule has 4 heteroatoms. The Morgan fingerprint density at radius 3 is 2.58 bits per heavy atom. The van der Waals surface area contributed by atoms with Crippen LogP contribution in [0, 0.1) is 6.92 Å². The van der Waals surface area contributed by atoms with Crippen LogP contribution in [0.25, 0.3) is 11.0 Å². The first kappa shape index (κ1) is 14.4. The SMILES string of the molecule is Cc1cccc2nc(CCl)n(CC(C)(C)N(C)C)c12. The molecule has 1 aromatic heterocycles. The molecule has 1 heterocycles. The molecule has 0 spiro atoms. The Hall–Kier alpha value is -1.06. The summed E-state index contributed by atoms with van der Waals surface area (Å²) >= 11 is 6.07. The molecule has 0 saturated heterocycles. The van der Waals surface area contributed by atoms with Crippen LogP contribution in [0.1, 0.15) is 25.2 Å². The molecule has 104 valence electrons. The molecule has 0 fully saturated rings. The minimum Gasteiger partial charge on any atom is -0.325 e. The Morgan fingerprint density at radius 2 is 2.00 bits per heavy atom. The van der Waals surface area contributed by atoms with Crippen molar-refractivity contribution in [1.82, 2.24) is 14.5 Å². The monoisotopic (exact) mass is 279 g/mol. The molecule has 3 nitrogen and oxygen atoms in total. The van der Waals surface area contributed by atoms with Crippen molar-refractivity contribution >= 4 is 22.6 Å². The zero-order valence-corrected chi connectivity index (χ0v) is 13.1. The van der Waals surface area contributed by atoms with E-state index in [1.54, 1.807) is 0 Å². The number of imidazole rings is 1. The lowest BCUT2D eigenvalue weighted by Crippen LogP contribution is -2.42. The van der Waals surface area contributed by atoms with Crippen LogP contribution in [0.5, 0.6) is 0 Å². The van der Waals surface area contributed by atoms with Crippen molar-refractivity contribution in [2.24, 2.45) is 0 Å². The standard InChI is InChI=1S/C15H22ClN3/c1-11-7-6-8-12-14(11)19(13(9-16)17-12)10-15(2,3)18(4)5/h6-8H,9-10H2,1-5H3. The van der Waals surface area contributed by atoms with E-state index < -0.39 is 0 Å². The van der Waals surface area contributed by atoms with Gasteiger partial charge < -0.3 is 9.47 Å². The van der Waals surface area contributed by atoms with Crippen LogP contribution < -0.4 is 0 Å². The van der Waals surface area contributed by atoms with Crippen molar-refractivity contribution in [2.45, 2.75) is 38.7 Å². The van der Waals surface area contributed by atoms with Crippen LogP contribution in [-0.4, -0.2) is 34.1 Å². The predicted molar refractivity (Wildman–Crippen MR) is 81.8 cm³/mol. The number of aryl methyl sites for hydroxylation is 1. The van der Waals surface area contributed by atoms with Crippen LogP contribution in [0.2, 0.25) is 0 Å². The molecule has 0 unspecified atom stereocenters. The summed E-state index contributed by atoms with van der Waals surface area (Å²) in [7, 11) is 4.21. The van der Waals surface area contributed by atoms with Gasteiger partial charge in [0, 0.05) is 12.1 Å². The van der Waals surface area contributed by atoms with Crippen molar-refractivity contribution in [3.63, 3.8) is 0 Å². The first-order valence-corrected chi connectivity index (χ1v) is 7.08. The average Bonchev–Trinajstić information content (AvgIpc) is 2.68. The second-order valence-corrected chi connectivity index (χ2v) is 6.16. The van der Waals surface area contributed by atoms with E-state index in [1.807, 2.05) is 6.07 Å². The van der Waals surface area contributed by atoms with Gasteiger partial charge in [0.15, 0.2) is 0 Å². The van der Waals surface area contributed by atoms with Crippen molar-refractivity contribution in [1.29, 1.82) is 0 Å². The molecule has 0 N–H and O–H groups in total. The van der Waals surface area contributed by atoms with E-state index in [0.29, 0.717) is 5.88 Å². The van der Waals surface area contributed by atoms with Gasteiger partial charge in [-0.25, -0.2) is 4.98 Å². The van der Waals surface area contributed by atoms with Crippen molar-refractivity contribution in [3.05, 3.63) is 29.6 Å². The predicted octanol–water partition coefficient (Wildman–Crippen LogP) is 3.42. The molecular formula is C15H22ClN3. The second kappa shape index (κ2) is 5.14. The summed E-state index contributed by atoms with van der Waals surface area (Å²) in [6.45, 7) is 7.47. The summed E-state index contributed by atoms with van der Waals surface area (Å²) in [5.41, 5.74) is 3.53. The lowest BCUT2D eigenvalue weighted by Gasteiger charge is -2.33. The quantitative estimate of drug-likeness (QED) is 0.800. The topological polar surface area (TPSA) is 21.1 Å². The molecule has 2 rings (SSSR count). The molecule has 0 aliphatic heterocycles. The Balaban J connectivity index is 2.58. The highest BCUT2D eigenvalue weighted by Gasteiger charge is 2.24. The minimum absolute atomic E-state index is 0.0523. The number of rotatable bonds is 4. The molecule has 0 bridgehead atoms. The molecule has 0 radical (unpaired) electrons. The Labute approximate surface area is 120 Å². The summed E-state index contributed by atoms with van der Waals surface area (Å²) in [6.07, 6.45) is 0. The maximum atomic E-state index is 6.07. The number of likely N-dealkylation sites (N-methyl/N-ethyl adjacent to an activating group) is 1. The Bertz CT molecular complexity index is 584. The minimum atomic E-state index is 0.0523. The summed E-state index contributed by atoms with van der Waals surface area (Å²) in [4.78, 5) is 6.88. The van der Waals surface area contributed by atoms with Gasteiger partial charge in [-0.2, -0.15) is 0 Å². The third-order valence-corrected chi connectivity index (χ3v) is 4.16. The maximum absolute atomic E-state index is 6.07. The number of hydrogen-bond donors (Lipinski definition) is 0.